The highest BCUT2D eigenvalue weighted by Gasteiger charge is 2.30. The van der Waals surface area contributed by atoms with E-state index < -0.39 is 10.0 Å². The maximum absolute atomic E-state index is 13.2. The lowest BCUT2D eigenvalue weighted by atomic mass is 10.1. The number of hydrogen-bond donors (Lipinski definition) is 0. The van der Waals surface area contributed by atoms with Gasteiger partial charge in [0.15, 0.2) is 0 Å². The molecule has 2 aromatic rings. The molecule has 2 aliphatic rings. The van der Waals surface area contributed by atoms with Crippen molar-refractivity contribution in [2.45, 2.75) is 24.3 Å². The molecule has 32 heavy (non-hydrogen) atoms. The molecule has 1 amide bonds. The molecule has 9 heteroatoms. The third-order valence-corrected chi connectivity index (χ3v) is 8.34. The number of anilines is 1. The molecule has 4 rings (SSSR count). The van der Waals surface area contributed by atoms with Gasteiger partial charge in [-0.2, -0.15) is 4.31 Å². The number of carbonyl (C=O) groups is 1. The van der Waals surface area contributed by atoms with Crippen LogP contribution in [0.15, 0.2) is 47.4 Å². The summed E-state index contributed by atoms with van der Waals surface area (Å²) in [5.74, 6) is -0.253. The van der Waals surface area contributed by atoms with Crippen molar-refractivity contribution in [3.8, 4) is 0 Å². The second-order valence-electron chi connectivity index (χ2n) is 8.15. The van der Waals surface area contributed by atoms with Crippen LogP contribution in [-0.2, 0) is 21.3 Å². The van der Waals surface area contributed by atoms with E-state index in [0.29, 0.717) is 38.4 Å². The number of amides is 1. The highest BCUT2D eigenvalue weighted by molar-refractivity contribution is 7.89. The molecule has 2 aliphatic heterocycles. The average molecular weight is 478 g/mol. The smallest absolute Gasteiger partial charge is 0.253 e. The fraction of sp³-hybridized carbons (Fsp3) is 0.435. The minimum atomic E-state index is -3.72. The first kappa shape index (κ1) is 23.0. The van der Waals surface area contributed by atoms with Gasteiger partial charge in [0.1, 0.15) is 4.90 Å². The van der Waals surface area contributed by atoms with Crippen molar-refractivity contribution in [3.63, 3.8) is 0 Å². The number of sulfonamides is 1. The minimum Gasteiger partial charge on any atom is -0.378 e. The molecule has 0 aliphatic carbocycles. The topological polar surface area (TPSA) is 70.2 Å². The van der Waals surface area contributed by atoms with Crippen LogP contribution in [0, 0.1) is 0 Å². The second kappa shape index (κ2) is 9.79. The normalized spacial score (nSPS) is 17.5. The van der Waals surface area contributed by atoms with Gasteiger partial charge in [0.2, 0.25) is 10.0 Å². The van der Waals surface area contributed by atoms with E-state index in [2.05, 4.69) is 11.0 Å². The standard InChI is InChI=1S/C23H28ClN3O4S/c1-25(17-19-6-2-3-7-21(19)26-12-14-31-15-13-26)23(28)18-8-9-20(24)22(16-18)32(29,30)27-10-4-5-11-27/h2-3,6-9,16H,4-5,10-15,17H2,1H3. The molecule has 2 heterocycles. The Kier molecular flexibility index (Phi) is 7.05. The first-order chi connectivity index (χ1) is 15.4. The van der Waals surface area contributed by atoms with Gasteiger partial charge in [0.05, 0.1) is 18.2 Å². The van der Waals surface area contributed by atoms with Crippen molar-refractivity contribution in [2.75, 3.05) is 51.3 Å². The molecule has 0 spiro atoms. The molecule has 0 aromatic heterocycles. The lowest BCUT2D eigenvalue weighted by molar-refractivity contribution is 0.0784. The number of carbonyl (C=O) groups excluding carboxylic acids is 1. The predicted octanol–water partition coefficient (Wildman–Crippen LogP) is 3.23. The molecule has 2 aromatic carbocycles. The highest BCUT2D eigenvalue weighted by Crippen LogP contribution is 2.29. The van der Waals surface area contributed by atoms with Crippen molar-refractivity contribution in [2.24, 2.45) is 0 Å². The van der Waals surface area contributed by atoms with Crippen molar-refractivity contribution in [1.29, 1.82) is 0 Å². The highest BCUT2D eigenvalue weighted by atomic mass is 35.5. The van der Waals surface area contributed by atoms with Crippen LogP contribution in [0.3, 0.4) is 0 Å². The molecule has 0 bridgehead atoms. The van der Waals surface area contributed by atoms with Gasteiger partial charge < -0.3 is 14.5 Å². The van der Waals surface area contributed by atoms with E-state index in [1.165, 1.54) is 16.4 Å². The Hall–Kier alpha value is -2.13. The number of halogens is 1. The summed E-state index contributed by atoms with van der Waals surface area (Å²) in [7, 11) is -2.00. The summed E-state index contributed by atoms with van der Waals surface area (Å²) in [6.45, 7) is 4.35. The summed E-state index contributed by atoms with van der Waals surface area (Å²) in [6, 6.07) is 12.5. The molecule has 7 nitrogen and oxygen atoms in total. The van der Waals surface area contributed by atoms with Gasteiger partial charge >= 0.3 is 0 Å². The monoisotopic (exact) mass is 477 g/mol. The van der Waals surface area contributed by atoms with Gasteiger partial charge in [-0.1, -0.05) is 29.8 Å². The summed E-state index contributed by atoms with van der Waals surface area (Å²) in [5, 5.41) is 0.133. The number of ether oxygens (including phenoxy) is 1. The summed E-state index contributed by atoms with van der Waals surface area (Å²) in [4.78, 5) is 17.1. The Morgan fingerprint density at radius 3 is 2.47 bits per heavy atom. The van der Waals surface area contributed by atoms with E-state index in [4.69, 9.17) is 16.3 Å². The summed E-state index contributed by atoms with van der Waals surface area (Å²) in [5.41, 5.74) is 2.42. The lowest BCUT2D eigenvalue weighted by Crippen LogP contribution is -2.37. The zero-order valence-electron chi connectivity index (χ0n) is 18.2. The van der Waals surface area contributed by atoms with Crippen LogP contribution in [0.5, 0.6) is 0 Å². The fourth-order valence-corrected chi connectivity index (χ4v) is 6.22. The molecule has 0 radical (unpaired) electrons. The SMILES string of the molecule is CN(Cc1ccccc1N1CCOCC1)C(=O)c1ccc(Cl)c(S(=O)(=O)N2CCCC2)c1. The van der Waals surface area contributed by atoms with E-state index in [0.717, 1.165) is 37.2 Å². The summed E-state index contributed by atoms with van der Waals surface area (Å²) < 4.78 is 32.9. The van der Waals surface area contributed by atoms with Crippen molar-refractivity contribution >= 4 is 33.2 Å². The lowest BCUT2D eigenvalue weighted by Gasteiger charge is -2.31. The molecule has 0 atom stereocenters. The van der Waals surface area contributed by atoms with Crippen LogP contribution >= 0.6 is 11.6 Å². The Morgan fingerprint density at radius 2 is 1.75 bits per heavy atom. The molecule has 0 N–H and O–H groups in total. The molecular weight excluding hydrogens is 450 g/mol. The zero-order chi connectivity index (χ0) is 22.7. The zero-order valence-corrected chi connectivity index (χ0v) is 19.7. The number of nitrogens with zero attached hydrogens (tertiary/aromatic N) is 3. The number of benzene rings is 2. The third-order valence-electron chi connectivity index (χ3n) is 5.96. The van der Waals surface area contributed by atoms with E-state index in [1.807, 2.05) is 18.2 Å². The Labute approximate surface area is 194 Å². The largest absolute Gasteiger partial charge is 0.378 e. The average Bonchev–Trinajstić information content (AvgIpc) is 3.36. The van der Waals surface area contributed by atoms with Crippen LogP contribution in [0.1, 0.15) is 28.8 Å². The molecular formula is C23H28ClN3O4S. The summed E-state index contributed by atoms with van der Waals surface area (Å²) >= 11 is 6.23. The first-order valence-electron chi connectivity index (χ1n) is 10.8. The van der Waals surface area contributed by atoms with E-state index in [1.54, 1.807) is 18.0 Å². The van der Waals surface area contributed by atoms with Gasteiger partial charge in [0, 0.05) is 51.0 Å². The van der Waals surface area contributed by atoms with E-state index in [9.17, 15) is 13.2 Å². The number of morpholine rings is 1. The predicted molar refractivity (Wildman–Crippen MR) is 125 cm³/mol. The molecule has 2 fully saturated rings. The van der Waals surface area contributed by atoms with Gasteiger partial charge in [-0.25, -0.2) is 8.42 Å². The quantitative estimate of drug-likeness (QED) is 0.638. The number of hydrogen-bond acceptors (Lipinski definition) is 5. The maximum atomic E-state index is 13.2. The summed E-state index contributed by atoms with van der Waals surface area (Å²) in [6.07, 6.45) is 1.67. The molecule has 172 valence electrons. The number of rotatable bonds is 6. The van der Waals surface area contributed by atoms with Crippen molar-refractivity contribution in [3.05, 3.63) is 58.6 Å². The Bertz CT molecular complexity index is 1080. The van der Waals surface area contributed by atoms with Gasteiger partial charge in [-0.15, -0.1) is 0 Å². The molecule has 0 saturated carbocycles. The van der Waals surface area contributed by atoms with Gasteiger partial charge in [-0.05, 0) is 42.7 Å². The molecule has 0 unspecified atom stereocenters. The van der Waals surface area contributed by atoms with Gasteiger partial charge in [-0.3, -0.25) is 4.79 Å². The van der Waals surface area contributed by atoms with Crippen LogP contribution < -0.4 is 4.90 Å². The first-order valence-corrected chi connectivity index (χ1v) is 12.7. The minimum absolute atomic E-state index is 0.00552. The fourth-order valence-electron chi connectivity index (χ4n) is 4.21. The van der Waals surface area contributed by atoms with E-state index in [-0.39, 0.29) is 15.8 Å². The maximum Gasteiger partial charge on any atom is 0.253 e. The number of para-hydroxylation sites is 1. The Balaban J connectivity index is 1.55. The van der Waals surface area contributed by atoms with Crippen LogP contribution in [0.4, 0.5) is 5.69 Å². The van der Waals surface area contributed by atoms with Crippen LogP contribution in [0.25, 0.3) is 0 Å². The molecule has 2 saturated heterocycles. The second-order valence-corrected chi connectivity index (χ2v) is 10.5. The van der Waals surface area contributed by atoms with Crippen molar-refractivity contribution < 1.29 is 17.9 Å². The van der Waals surface area contributed by atoms with Crippen molar-refractivity contribution in [1.82, 2.24) is 9.21 Å². The Morgan fingerprint density at radius 1 is 1.06 bits per heavy atom. The van der Waals surface area contributed by atoms with Crippen LogP contribution in [-0.4, -0.2) is 70.0 Å². The van der Waals surface area contributed by atoms with Gasteiger partial charge in [0.25, 0.3) is 5.91 Å². The van der Waals surface area contributed by atoms with E-state index >= 15 is 0 Å². The van der Waals surface area contributed by atoms with Crippen LogP contribution in [0.2, 0.25) is 5.02 Å². The third kappa shape index (κ3) is 4.78.